The van der Waals surface area contributed by atoms with Crippen LogP contribution in [0.4, 0.5) is 0 Å². The van der Waals surface area contributed by atoms with Crippen LogP contribution in [0.2, 0.25) is 0 Å². The normalized spacial score (nSPS) is 10.2. The molecule has 2 rings (SSSR count). The fourth-order valence-corrected chi connectivity index (χ4v) is 1.56. The van der Waals surface area contributed by atoms with Gasteiger partial charge in [0.05, 0.1) is 0 Å². The van der Waals surface area contributed by atoms with Crippen LogP contribution in [0.1, 0.15) is 5.56 Å². The minimum absolute atomic E-state index is 0.822. The molecule has 0 saturated carbocycles. The zero-order valence-electron chi connectivity index (χ0n) is 7.20. The summed E-state index contributed by atoms with van der Waals surface area (Å²) in [4.78, 5) is 3.14. The van der Waals surface area contributed by atoms with E-state index in [1.54, 1.807) is 7.11 Å². The Labute approximate surface area is 84.3 Å². The SMILES string of the molecule is COC(=[Se])c1ccc2[nH]ccc2c1. The van der Waals surface area contributed by atoms with Gasteiger partial charge >= 0.3 is 83.9 Å². The van der Waals surface area contributed by atoms with Crippen molar-refractivity contribution < 1.29 is 4.74 Å². The van der Waals surface area contributed by atoms with Crippen LogP contribution < -0.4 is 0 Å². The van der Waals surface area contributed by atoms with Gasteiger partial charge < -0.3 is 0 Å². The van der Waals surface area contributed by atoms with Crippen molar-refractivity contribution >= 4 is 31.1 Å². The molecule has 2 aromatic rings. The van der Waals surface area contributed by atoms with E-state index in [-0.39, 0.29) is 0 Å². The molecule has 0 aliphatic carbocycles. The van der Waals surface area contributed by atoms with Gasteiger partial charge in [-0.1, -0.05) is 0 Å². The van der Waals surface area contributed by atoms with Crippen molar-refractivity contribution in [2.24, 2.45) is 0 Å². The number of fused-ring (bicyclic) bond motifs is 1. The molecule has 0 amide bonds. The Morgan fingerprint density at radius 2 is 2.23 bits per heavy atom. The molecule has 1 aromatic carbocycles. The third kappa shape index (κ3) is 1.53. The first-order chi connectivity index (χ1) is 6.31. The van der Waals surface area contributed by atoms with Crippen LogP contribution in [0.15, 0.2) is 30.5 Å². The van der Waals surface area contributed by atoms with E-state index in [4.69, 9.17) is 4.74 Å². The van der Waals surface area contributed by atoms with Crippen LogP contribution in [0.25, 0.3) is 10.9 Å². The summed E-state index contributed by atoms with van der Waals surface area (Å²) in [5.41, 5.74) is 2.22. The fraction of sp³-hybridized carbons (Fsp3) is 0.100. The third-order valence-electron chi connectivity index (χ3n) is 1.97. The van der Waals surface area contributed by atoms with Gasteiger partial charge in [0.25, 0.3) is 0 Å². The van der Waals surface area contributed by atoms with Gasteiger partial charge in [-0.2, -0.15) is 0 Å². The molecular formula is C10H9NOSe. The predicted octanol–water partition coefficient (Wildman–Crippen LogP) is 1.46. The summed E-state index contributed by atoms with van der Waals surface area (Å²) in [5, 5.41) is 1.20. The van der Waals surface area contributed by atoms with Crippen LogP contribution in [0.3, 0.4) is 0 Å². The van der Waals surface area contributed by atoms with E-state index in [9.17, 15) is 0 Å². The van der Waals surface area contributed by atoms with Crippen molar-refractivity contribution in [3.63, 3.8) is 0 Å². The first-order valence-corrected chi connectivity index (χ1v) is 4.82. The molecule has 1 N–H and O–H groups in total. The Bertz CT molecular complexity index is 447. The topological polar surface area (TPSA) is 25.0 Å². The molecule has 2 nitrogen and oxygen atoms in total. The standard InChI is InChI=1S/C10H9NOSe/c1-12-10(13)8-2-3-9-7(6-8)4-5-11-9/h2-6,11H,1H3. The molecule has 0 fully saturated rings. The zero-order valence-corrected chi connectivity index (χ0v) is 8.92. The molecule has 0 radical (unpaired) electrons. The fourth-order valence-electron chi connectivity index (χ4n) is 1.30. The number of nitrogens with one attached hydrogen (secondary N) is 1. The summed E-state index contributed by atoms with van der Waals surface area (Å²) in [6, 6.07) is 8.19. The van der Waals surface area contributed by atoms with Gasteiger partial charge in [-0.05, 0) is 0 Å². The monoisotopic (exact) mass is 239 g/mol. The molecule has 0 unspecified atom stereocenters. The number of aromatic nitrogens is 1. The molecule has 0 bridgehead atoms. The van der Waals surface area contributed by atoms with Crippen molar-refractivity contribution in [1.29, 1.82) is 0 Å². The molecule has 3 heteroatoms. The van der Waals surface area contributed by atoms with Crippen LogP contribution in [-0.2, 0) is 4.74 Å². The Balaban J connectivity index is 2.54. The van der Waals surface area contributed by atoms with Crippen LogP contribution in [-0.4, -0.2) is 32.3 Å². The molecule has 1 aromatic heterocycles. The van der Waals surface area contributed by atoms with E-state index in [1.165, 1.54) is 5.39 Å². The van der Waals surface area contributed by atoms with Crippen molar-refractivity contribution in [2.45, 2.75) is 0 Å². The number of rotatable bonds is 2. The number of hydrogen-bond donors (Lipinski definition) is 1. The molecule has 0 saturated heterocycles. The summed E-state index contributed by atoms with van der Waals surface area (Å²) < 4.78 is 5.93. The quantitative estimate of drug-likeness (QED) is 0.787. The van der Waals surface area contributed by atoms with Crippen LogP contribution in [0, 0.1) is 0 Å². The summed E-state index contributed by atoms with van der Waals surface area (Å²) in [6.07, 6.45) is 1.93. The van der Waals surface area contributed by atoms with Gasteiger partial charge in [0.2, 0.25) is 0 Å². The summed E-state index contributed by atoms with van der Waals surface area (Å²) in [7, 11) is 1.66. The van der Waals surface area contributed by atoms with Gasteiger partial charge in [-0.25, -0.2) is 0 Å². The molecule has 0 spiro atoms. The van der Waals surface area contributed by atoms with Crippen molar-refractivity contribution in [3.05, 3.63) is 36.0 Å². The third-order valence-corrected chi connectivity index (χ3v) is 2.82. The average molecular weight is 238 g/mol. The maximum atomic E-state index is 5.11. The van der Waals surface area contributed by atoms with Crippen LogP contribution in [0.5, 0.6) is 0 Å². The number of hydrogen-bond acceptors (Lipinski definition) is 1. The molecule has 66 valence electrons. The van der Waals surface area contributed by atoms with Gasteiger partial charge in [0.1, 0.15) is 0 Å². The molecule has 1 heterocycles. The Morgan fingerprint density at radius 3 is 3.00 bits per heavy atom. The van der Waals surface area contributed by atoms with E-state index < -0.39 is 0 Å². The summed E-state index contributed by atoms with van der Waals surface area (Å²) in [6.45, 7) is 0. The Hall–Kier alpha value is -1.05. The second kappa shape index (κ2) is 3.36. The number of H-pyrrole nitrogens is 1. The average Bonchev–Trinajstić information content (AvgIpc) is 2.63. The minimum atomic E-state index is 0.822. The van der Waals surface area contributed by atoms with Crippen molar-refractivity contribution in [2.75, 3.05) is 7.11 Å². The predicted molar refractivity (Wildman–Crippen MR) is 55.2 cm³/mol. The summed E-state index contributed by atoms with van der Waals surface area (Å²) >= 11 is 2.88. The van der Waals surface area contributed by atoms with E-state index in [0.717, 1.165) is 15.7 Å². The van der Waals surface area contributed by atoms with E-state index in [1.807, 2.05) is 24.4 Å². The Kier molecular flexibility index (Phi) is 2.21. The van der Waals surface area contributed by atoms with Gasteiger partial charge in [-0.15, -0.1) is 0 Å². The molecule has 13 heavy (non-hydrogen) atoms. The van der Waals surface area contributed by atoms with Crippen molar-refractivity contribution in [1.82, 2.24) is 4.98 Å². The van der Waals surface area contributed by atoms with E-state index >= 15 is 0 Å². The van der Waals surface area contributed by atoms with Crippen LogP contribution >= 0.6 is 0 Å². The first kappa shape index (κ1) is 8.54. The number of methoxy groups -OCH3 is 1. The van der Waals surface area contributed by atoms with Crippen molar-refractivity contribution in [3.8, 4) is 0 Å². The van der Waals surface area contributed by atoms with E-state index in [2.05, 4.69) is 26.6 Å². The Morgan fingerprint density at radius 1 is 1.38 bits per heavy atom. The summed E-state index contributed by atoms with van der Waals surface area (Å²) in [5.74, 6) is 0. The van der Waals surface area contributed by atoms with Gasteiger partial charge in [0.15, 0.2) is 0 Å². The molecule has 0 aliphatic heterocycles. The number of ether oxygens (including phenoxy) is 1. The number of benzene rings is 1. The zero-order chi connectivity index (χ0) is 9.26. The second-order valence-corrected chi connectivity index (χ2v) is 3.55. The van der Waals surface area contributed by atoms with E-state index in [0.29, 0.717) is 0 Å². The second-order valence-electron chi connectivity index (χ2n) is 2.77. The van der Waals surface area contributed by atoms with Gasteiger partial charge in [0, 0.05) is 0 Å². The first-order valence-electron chi connectivity index (χ1n) is 3.97. The molecule has 0 aliphatic rings. The molecule has 0 atom stereocenters. The molecular weight excluding hydrogens is 229 g/mol. The number of aromatic amines is 1. The van der Waals surface area contributed by atoms with Gasteiger partial charge in [-0.3, -0.25) is 0 Å². The maximum absolute atomic E-state index is 5.11.